The van der Waals surface area contributed by atoms with Gasteiger partial charge in [0.1, 0.15) is 0 Å². The highest BCUT2D eigenvalue weighted by Gasteiger charge is 2.28. The standard InChI is InChI=1S/C11H19N3O2/c1-12-4-6-13(7-5-12)8-9-14-10(15)2-3-11(14)16/h2-9H2,1H3. The second-order valence-electron chi connectivity index (χ2n) is 4.58. The highest BCUT2D eigenvalue weighted by molar-refractivity contribution is 6.01. The highest BCUT2D eigenvalue weighted by Crippen LogP contribution is 2.11. The maximum atomic E-state index is 11.4. The molecule has 0 aromatic heterocycles. The van der Waals surface area contributed by atoms with E-state index in [0.717, 1.165) is 32.7 Å². The van der Waals surface area contributed by atoms with Crippen molar-refractivity contribution in [2.45, 2.75) is 12.8 Å². The van der Waals surface area contributed by atoms with Crippen molar-refractivity contribution < 1.29 is 9.59 Å². The maximum absolute atomic E-state index is 11.4. The minimum Gasteiger partial charge on any atom is -0.304 e. The molecule has 0 unspecified atom stereocenters. The molecule has 5 nitrogen and oxygen atoms in total. The second kappa shape index (κ2) is 4.93. The largest absolute Gasteiger partial charge is 0.304 e. The number of rotatable bonds is 3. The normalized spacial score (nSPS) is 24.4. The number of nitrogens with zero attached hydrogens (tertiary/aromatic N) is 3. The van der Waals surface area contributed by atoms with E-state index in [1.165, 1.54) is 4.90 Å². The Morgan fingerprint density at radius 2 is 1.50 bits per heavy atom. The molecular weight excluding hydrogens is 206 g/mol. The molecule has 0 bridgehead atoms. The Balaban J connectivity index is 1.75. The number of likely N-dealkylation sites (tertiary alicyclic amines) is 1. The van der Waals surface area contributed by atoms with Gasteiger partial charge in [0.05, 0.1) is 0 Å². The predicted octanol–water partition coefficient (Wildman–Crippen LogP) is -0.617. The Bertz CT molecular complexity index is 269. The smallest absolute Gasteiger partial charge is 0.229 e. The molecule has 2 saturated heterocycles. The number of likely N-dealkylation sites (N-methyl/N-ethyl adjacent to an activating group) is 1. The molecule has 2 amide bonds. The van der Waals surface area contributed by atoms with Crippen LogP contribution >= 0.6 is 0 Å². The lowest BCUT2D eigenvalue weighted by Gasteiger charge is -2.33. The molecule has 0 radical (unpaired) electrons. The lowest BCUT2D eigenvalue weighted by atomic mass is 10.3. The third-order valence-electron chi connectivity index (χ3n) is 3.39. The van der Waals surface area contributed by atoms with Gasteiger partial charge in [-0.2, -0.15) is 0 Å². The van der Waals surface area contributed by atoms with Crippen molar-refractivity contribution in [3.05, 3.63) is 0 Å². The lowest BCUT2D eigenvalue weighted by molar-refractivity contribution is -0.138. The van der Waals surface area contributed by atoms with Crippen molar-refractivity contribution in [2.75, 3.05) is 46.3 Å². The molecule has 2 heterocycles. The lowest BCUT2D eigenvalue weighted by Crippen LogP contribution is -2.47. The van der Waals surface area contributed by atoms with Crippen LogP contribution in [0.15, 0.2) is 0 Å². The van der Waals surface area contributed by atoms with Crippen LogP contribution in [0.3, 0.4) is 0 Å². The van der Waals surface area contributed by atoms with Gasteiger partial charge in [0.2, 0.25) is 11.8 Å². The number of carbonyl (C=O) groups is 2. The van der Waals surface area contributed by atoms with Gasteiger partial charge in [0.25, 0.3) is 0 Å². The van der Waals surface area contributed by atoms with Gasteiger partial charge in [-0.05, 0) is 7.05 Å². The first-order chi connectivity index (χ1) is 7.66. The fourth-order valence-corrected chi connectivity index (χ4v) is 2.19. The molecule has 0 aliphatic carbocycles. The fourth-order valence-electron chi connectivity index (χ4n) is 2.19. The summed E-state index contributed by atoms with van der Waals surface area (Å²) >= 11 is 0. The van der Waals surface area contributed by atoms with Crippen LogP contribution in [-0.2, 0) is 9.59 Å². The van der Waals surface area contributed by atoms with Crippen molar-refractivity contribution in [3.63, 3.8) is 0 Å². The SMILES string of the molecule is CN1CCN(CCN2C(=O)CCC2=O)CC1. The molecule has 2 rings (SSSR count). The molecule has 0 spiro atoms. The van der Waals surface area contributed by atoms with E-state index in [2.05, 4.69) is 16.8 Å². The van der Waals surface area contributed by atoms with Gasteiger partial charge >= 0.3 is 0 Å². The van der Waals surface area contributed by atoms with Gasteiger partial charge in [-0.25, -0.2) is 0 Å². The van der Waals surface area contributed by atoms with Gasteiger partial charge in [0.15, 0.2) is 0 Å². The molecule has 5 heteroatoms. The second-order valence-corrected chi connectivity index (χ2v) is 4.58. The Hall–Kier alpha value is -0.940. The van der Waals surface area contributed by atoms with Crippen molar-refractivity contribution in [2.24, 2.45) is 0 Å². The minimum absolute atomic E-state index is 0.000808. The Morgan fingerprint density at radius 1 is 0.938 bits per heavy atom. The molecule has 0 aromatic rings. The van der Waals surface area contributed by atoms with Crippen molar-refractivity contribution >= 4 is 11.8 Å². The van der Waals surface area contributed by atoms with E-state index < -0.39 is 0 Å². The van der Waals surface area contributed by atoms with E-state index >= 15 is 0 Å². The molecule has 0 aromatic carbocycles. The summed E-state index contributed by atoms with van der Waals surface area (Å²) < 4.78 is 0. The van der Waals surface area contributed by atoms with E-state index in [1.807, 2.05) is 0 Å². The predicted molar refractivity (Wildman–Crippen MR) is 59.9 cm³/mol. The number of piperazine rings is 1. The van der Waals surface area contributed by atoms with E-state index in [4.69, 9.17) is 0 Å². The van der Waals surface area contributed by atoms with E-state index in [1.54, 1.807) is 0 Å². The van der Waals surface area contributed by atoms with Crippen LogP contribution in [0, 0.1) is 0 Å². The third kappa shape index (κ3) is 2.59. The van der Waals surface area contributed by atoms with E-state index in [0.29, 0.717) is 19.4 Å². The van der Waals surface area contributed by atoms with Crippen molar-refractivity contribution in [1.82, 2.24) is 14.7 Å². The molecule has 2 fully saturated rings. The van der Waals surface area contributed by atoms with Gasteiger partial charge in [-0.1, -0.05) is 0 Å². The average Bonchev–Trinajstić information content (AvgIpc) is 2.59. The summed E-state index contributed by atoms with van der Waals surface area (Å²) in [6.45, 7) is 5.61. The quantitative estimate of drug-likeness (QED) is 0.601. The number of hydrogen-bond donors (Lipinski definition) is 0. The van der Waals surface area contributed by atoms with Gasteiger partial charge in [-0.3, -0.25) is 19.4 Å². The van der Waals surface area contributed by atoms with Crippen LogP contribution in [0.5, 0.6) is 0 Å². The van der Waals surface area contributed by atoms with Crippen LogP contribution in [0.1, 0.15) is 12.8 Å². The zero-order valence-corrected chi connectivity index (χ0v) is 9.81. The summed E-state index contributed by atoms with van der Waals surface area (Å²) in [5.74, 6) is -0.00162. The fraction of sp³-hybridized carbons (Fsp3) is 0.818. The van der Waals surface area contributed by atoms with Crippen molar-refractivity contribution in [1.29, 1.82) is 0 Å². The van der Waals surface area contributed by atoms with Gasteiger partial charge < -0.3 is 4.90 Å². The third-order valence-corrected chi connectivity index (χ3v) is 3.39. The zero-order valence-electron chi connectivity index (χ0n) is 9.81. The van der Waals surface area contributed by atoms with Crippen LogP contribution in [0.25, 0.3) is 0 Å². The van der Waals surface area contributed by atoms with Gasteiger partial charge in [0, 0.05) is 52.1 Å². The topological polar surface area (TPSA) is 43.9 Å². The average molecular weight is 225 g/mol. The molecule has 16 heavy (non-hydrogen) atoms. The Kier molecular flexibility index (Phi) is 3.56. The number of hydrogen-bond acceptors (Lipinski definition) is 4. The monoisotopic (exact) mass is 225 g/mol. The van der Waals surface area contributed by atoms with Crippen LogP contribution in [-0.4, -0.2) is 72.8 Å². The molecule has 2 aliphatic rings. The zero-order chi connectivity index (χ0) is 11.5. The highest BCUT2D eigenvalue weighted by atomic mass is 16.2. The maximum Gasteiger partial charge on any atom is 0.229 e. The molecule has 0 saturated carbocycles. The molecule has 0 N–H and O–H groups in total. The van der Waals surface area contributed by atoms with E-state index in [-0.39, 0.29) is 11.8 Å². The first-order valence-corrected chi connectivity index (χ1v) is 5.91. The van der Waals surface area contributed by atoms with Gasteiger partial charge in [-0.15, -0.1) is 0 Å². The molecule has 90 valence electrons. The van der Waals surface area contributed by atoms with Crippen LogP contribution < -0.4 is 0 Å². The summed E-state index contributed by atoms with van der Waals surface area (Å²) in [6.07, 6.45) is 0.809. The first-order valence-electron chi connectivity index (χ1n) is 5.91. The summed E-state index contributed by atoms with van der Waals surface area (Å²) in [4.78, 5) is 28.8. The van der Waals surface area contributed by atoms with Crippen LogP contribution in [0.4, 0.5) is 0 Å². The summed E-state index contributed by atoms with van der Waals surface area (Å²) in [7, 11) is 2.12. The summed E-state index contributed by atoms with van der Waals surface area (Å²) in [6, 6.07) is 0. The molecule has 2 aliphatic heterocycles. The summed E-state index contributed by atoms with van der Waals surface area (Å²) in [5.41, 5.74) is 0. The number of amides is 2. The Labute approximate surface area is 96.0 Å². The first kappa shape index (κ1) is 11.5. The van der Waals surface area contributed by atoms with Crippen LogP contribution in [0.2, 0.25) is 0 Å². The number of imide groups is 1. The van der Waals surface area contributed by atoms with Crippen molar-refractivity contribution in [3.8, 4) is 0 Å². The molecular formula is C11H19N3O2. The van der Waals surface area contributed by atoms with E-state index in [9.17, 15) is 9.59 Å². The summed E-state index contributed by atoms with van der Waals surface area (Å²) in [5, 5.41) is 0. The molecule has 0 atom stereocenters. The minimum atomic E-state index is -0.000808. The Morgan fingerprint density at radius 3 is 2.06 bits per heavy atom. The number of carbonyl (C=O) groups excluding carboxylic acids is 2.